The van der Waals surface area contributed by atoms with Crippen molar-refractivity contribution in [1.82, 2.24) is 10.6 Å². The van der Waals surface area contributed by atoms with Gasteiger partial charge in [0.25, 0.3) is 0 Å². The topological polar surface area (TPSA) is 33.3 Å². The van der Waals surface area contributed by atoms with E-state index in [0.717, 1.165) is 36.2 Å². The maximum atomic E-state index is 6.40. The highest BCUT2D eigenvalue weighted by atomic mass is 35.5. The lowest BCUT2D eigenvalue weighted by Gasteiger charge is -2.30. The van der Waals surface area contributed by atoms with Gasteiger partial charge in [-0.1, -0.05) is 11.6 Å². The third kappa shape index (κ3) is 3.26. The Balaban J connectivity index is 1.38. The minimum atomic E-state index is 0.304. The molecular weight excluding hydrogens is 296 g/mol. The Kier molecular flexibility index (Phi) is 4.01. The molecule has 2 aliphatic carbocycles. The van der Waals surface area contributed by atoms with Crippen LogP contribution in [0.1, 0.15) is 49.7 Å². The quantitative estimate of drug-likeness (QED) is 0.884. The lowest BCUT2D eigenvalue weighted by Crippen LogP contribution is -2.37. The normalized spacial score (nSPS) is 27.1. The first-order valence-corrected chi connectivity index (χ1v) is 8.81. The standard InChI is InChI=1S/C18H23ClN2O/c19-17-9-13-11-20-8-7-12(13)10-18(17)22-16-5-3-15(4-6-16)21-14-1-2-14/h7-10,14-16,20-21H,1-6,11H2. The molecule has 3 nitrogen and oxygen atoms in total. The predicted octanol–water partition coefficient (Wildman–Crippen LogP) is 3.86. The van der Waals surface area contributed by atoms with Gasteiger partial charge >= 0.3 is 0 Å². The van der Waals surface area contributed by atoms with Crippen LogP contribution in [0.2, 0.25) is 5.02 Å². The molecule has 4 heteroatoms. The molecule has 1 aromatic rings. The van der Waals surface area contributed by atoms with Gasteiger partial charge in [-0.15, -0.1) is 0 Å². The SMILES string of the molecule is Clc1cc2c(cc1OC1CCC(NC3CC3)CC1)C=CNC2. The number of benzene rings is 1. The van der Waals surface area contributed by atoms with Crippen molar-refractivity contribution < 1.29 is 4.74 Å². The second-order valence-electron chi connectivity index (χ2n) is 6.73. The predicted molar refractivity (Wildman–Crippen MR) is 90.2 cm³/mol. The van der Waals surface area contributed by atoms with E-state index in [-0.39, 0.29) is 0 Å². The molecule has 0 radical (unpaired) electrons. The summed E-state index contributed by atoms with van der Waals surface area (Å²) < 4.78 is 6.21. The van der Waals surface area contributed by atoms with Crippen LogP contribution in [0.25, 0.3) is 6.08 Å². The van der Waals surface area contributed by atoms with E-state index in [1.54, 1.807) is 0 Å². The average Bonchev–Trinajstić information content (AvgIpc) is 3.34. The lowest BCUT2D eigenvalue weighted by atomic mass is 9.93. The zero-order chi connectivity index (χ0) is 14.9. The monoisotopic (exact) mass is 318 g/mol. The number of fused-ring (bicyclic) bond motifs is 1. The molecule has 1 aliphatic heterocycles. The van der Waals surface area contributed by atoms with Crippen molar-refractivity contribution in [3.63, 3.8) is 0 Å². The molecule has 0 unspecified atom stereocenters. The Morgan fingerprint density at radius 1 is 1.05 bits per heavy atom. The van der Waals surface area contributed by atoms with Crippen molar-refractivity contribution in [2.24, 2.45) is 0 Å². The highest BCUT2D eigenvalue weighted by Gasteiger charge is 2.28. The smallest absolute Gasteiger partial charge is 0.138 e. The van der Waals surface area contributed by atoms with Crippen LogP contribution in [0.15, 0.2) is 18.3 Å². The molecule has 0 atom stereocenters. The summed E-state index contributed by atoms with van der Waals surface area (Å²) in [5, 5.41) is 7.67. The maximum Gasteiger partial charge on any atom is 0.138 e. The molecule has 0 bridgehead atoms. The molecule has 0 aromatic heterocycles. The summed E-state index contributed by atoms with van der Waals surface area (Å²) >= 11 is 6.40. The fourth-order valence-electron chi connectivity index (χ4n) is 3.44. The van der Waals surface area contributed by atoms with Gasteiger partial charge < -0.3 is 15.4 Å². The van der Waals surface area contributed by atoms with E-state index in [1.165, 1.54) is 36.8 Å². The molecule has 118 valence electrons. The number of rotatable bonds is 4. The van der Waals surface area contributed by atoms with Gasteiger partial charge in [-0.25, -0.2) is 0 Å². The van der Waals surface area contributed by atoms with Crippen molar-refractivity contribution in [2.45, 2.75) is 63.3 Å². The van der Waals surface area contributed by atoms with Gasteiger partial charge in [-0.05, 0) is 74.1 Å². The molecule has 2 fully saturated rings. The van der Waals surface area contributed by atoms with Crippen LogP contribution >= 0.6 is 11.6 Å². The molecule has 0 saturated heterocycles. The molecule has 0 spiro atoms. The third-order valence-corrected chi connectivity index (χ3v) is 5.18. The fraction of sp³-hybridized carbons (Fsp3) is 0.556. The Labute approximate surface area is 137 Å². The zero-order valence-electron chi connectivity index (χ0n) is 12.8. The number of hydrogen-bond donors (Lipinski definition) is 2. The fourth-order valence-corrected chi connectivity index (χ4v) is 3.67. The second kappa shape index (κ2) is 6.13. The van der Waals surface area contributed by atoms with Gasteiger partial charge in [0.15, 0.2) is 0 Å². The number of ether oxygens (including phenoxy) is 1. The Hall–Kier alpha value is -1.19. The first-order chi connectivity index (χ1) is 10.8. The van der Waals surface area contributed by atoms with E-state index in [2.05, 4.69) is 22.8 Å². The molecule has 3 aliphatic rings. The zero-order valence-corrected chi connectivity index (χ0v) is 13.5. The van der Waals surface area contributed by atoms with E-state index >= 15 is 0 Å². The summed E-state index contributed by atoms with van der Waals surface area (Å²) in [6.07, 6.45) is 11.8. The van der Waals surface area contributed by atoms with E-state index < -0.39 is 0 Å². The number of nitrogens with one attached hydrogen (secondary N) is 2. The van der Waals surface area contributed by atoms with Crippen LogP contribution in [0.5, 0.6) is 5.75 Å². The Morgan fingerprint density at radius 2 is 1.77 bits per heavy atom. The summed E-state index contributed by atoms with van der Waals surface area (Å²) in [4.78, 5) is 0. The van der Waals surface area contributed by atoms with Crippen LogP contribution in [0.3, 0.4) is 0 Å². The highest BCUT2D eigenvalue weighted by molar-refractivity contribution is 6.32. The summed E-state index contributed by atoms with van der Waals surface area (Å²) in [5.74, 6) is 0.838. The molecule has 2 saturated carbocycles. The van der Waals surface area contributed by atoms with Crippen molar-refractivity contribution >= 4 is 17.7 Å². The van der Waals surface area contributed by atoms with Gasteiger partial charge in [-0.3, -0.25) is 0 Å². The first kappa shape index (κ1) is 14.4. The Morgan fingerprint density at radius 3 is 2.50 bits per heavy atom. The van der Waals surface area contributed by atoms with Gasteiger partial charge in [0.05, 0.1) is 11.1 Å². The van der Waals surface area contributed by atoms with Gasteiger partial charge in [0, 0.05) is 18.6 Å². The van der Waals surface area contributed by atoms with Crippen LogP contribution in [-0.4, -0.2) is 18.2 Å². The van der Waals surface area contributed by atoms with E-state index in [0.29, 0.717) is 12.1 Å². The molecule has 0 amide bonds. The van der Waals surface area contributed by atoms with Gasteiger partial charge in [0.2, 0.25) is 0 Å². The largest absolute Gasteiger partial charge is 0.489 e. The van der Waals surface area contributed by atoms with Crippen LogP contribution in [0.4, 0.5) is 0 Å². The summed E-state index contributed by atoms with van der Waals surface area (Å²) in [5.41, 5.74) is 2.44. The average molecular weight is 319 g/mol. The van der Waals surface area contributed by atoms with Crippen molar-refractivity contribution in [3.05, 3.63) is 34.5 Å². The maximum absolute atomic E-state index is 6.40. The molecule has 22 heavy (non-hydrogen) atoms. The summed E-state index contributed by atoms with van der Waals surface area (Å²) in [6, 6.07) is 5.62. The molecule has 2 N–H and O–H groups in total. The molecular formula is C18H23ClN2O. The number of halogens is 1. The second-order valence-corrected chi connectivity index (χ2v) is 7.14. The Bertz CT molecular complexity index is 575. The van der Waals surface area contributed by atoms with Gasteiger partial charge in [-0.2, -0.15) is 0 Å². The minimum absolute atomic E-state index is 0.304. The summed E-state index contributed by atoms with van der Waals surface area (Å²) in [6.45, 7) is 0.837. The summed E-state index contributed by atoms with van der Waals surface area (Å²) in [7, 11) is 0. The van der Waals surface area contributed by atoms with Crippen molar-refractivity contribution in [3.8, 4) is 5.75 Å². The molecule has 1 aromatic carbocycles. The van der Waals surface area contributed by atoms with Gasteiger partial charge in [0.1, 0.15) is 5.75 Å². The number of hydrogen-bond acceptors (Lipinski definition) is 3. The van der Waals surface area contributed by atoms with Crippen molar-refractivity contribution in [1.29, 1.82) is 0 Å². The highest BCUT2D eigenvalue weighted by Crippen LogP contribution is 2.33. The van der Waals surface area contributed by atoms with Crippen LogP contribution in [0, 0.1) is 0 Å². The van der Waals surface area contributed by atoms with Crippen molar-refractivity contribution in [2.75, 3.05) is 0 Å². The van der Waals surface area contributed by atoms with Crippen LogP contribution in [-0.2, 0) is 6.54 Å². The minimum Gasteiger partial charge on any atom is -0.489 e. The molecule has 4 rings (SSSR count). The van der Waals surface area contributed by atoms with E-state index in [1.807, 2.05) is 12.3 Å². The van der Waals surface area contributed by atoms with Crippen LogP contribution < -0.4 is 15.4 Å². The van der Waals surface area contributed by atoms with E-state index in [9.17, 15) is 0 Å². The third-order valence-electron chi connectivity index (χ3n) is 4.88. The first-order valence-electron chi connectivity index (χ1n) is 8.43. The lowest BCUT2D eigenvalue weighted by molar-refractivity contribution is 0.139. The van der Waals surface area contributed by atoms with E-state index in [4.69, 9.17) is 16.3 Å². The molecule has 1 heterocycles.